The number of benzene rings is 1. The minimum Gasteiger partial charge on any atom is -0.361 e. The van der Waals surface area contributed by atoms with E-state index in [4.69, 9.17) is 5.73 Å². The van der Waals surface area contributed by atoms with E-state index in [0.717, 1.165) is 29.3 Å². The summed E-state index contributed by atoms with van der Waals surface area (Å²) in [7, 11) is 0. The molecule has 1 atom stereocenters. The standard InChI is InChI=1S/C15H19N3O/c1-15(6-7-15)18-14(19)12(16)8-10-9-17-13-5-3-2-4-11(10)13/h2-5,9,12,17H,6-8,16H2,1H3,(H,18,19). The molecule has 0 bridgehead atoms. The van der Waals surface area contributed by atoms with E-state index in [-0.39, 0.29) is 11.4 Å². The molecule has 3 rings (SSSR count). The number of H-pyrrole nitrogens is 1. The predicted octanol–water partition coefficient (Wildman–Crippen LogP) is 1.71. The molecule has 1 aromatic heterocycles. The molecule has 1 fully saturated rings. The van der Waals surface area contributed by atoms with E-state index in [0.29, 0.717) is 6.42 Å². The van der Waals surface area contributed by atoms with Crippen molar-refractivity contribution in [2.45, 2.75) is 37.8 Å². The lowest BCUT2D eigenvalue weighted by atomic mass is 10.0. The van der Waals surface area contributed by atoms with E-state index < -0.39 is 6.04 Å². The molecule has 1 amide bonds. The molecule has 4 heteroatoms. The minimum atomic E-state index is -0.489. The molecule has 0 spiro atoms. The normalized spacial score (nSPS) is 18.2. The Morgan fingerprint density at radius 1 is 1.47 bits per heavy atom. The second-order valence-electron chi connectivity index (χ2n) is 5.72. The summed E-state index contributed by atoms with van der Waals surface area (Å²) in [6.45, 7) is 2.06. The van der Waals surface area contributed by atoms with Gasteiger partial charge in [-0.25, -0.2) is 0 Å². The Hall–Kier alpha value is -1.81. The molecular weight excluding hydrogens is 238 g/mol. The first-order chi connectivity index (χ1) is 9.07. The first-order valence-electron chi connectivity index (χ1n) is 6.70. The molecule has 0 aliphatic heterocycles. The van der Waals surface area contributed by atoms with E-state index in [1.807, 2.05) is 30.5 Å². The number of aromatic nitrogens is 1. The van der Waals surface area contributed by atoms with Crippen LogP contribution in [-0.4, -0.2) is 22.5 Å². The number of carbonyl (C=O) groups excluding carboxylic acids is 1. The van der Waals surface area contributed by atoms with Crippen LogP contribution in [0.25, 0.3) is 10.9 Å². The van der Waals surface area contributed by atoms with Gasteiger partial charge < -0.3 is 16.0 Å². The lowest BCUT2D eigenvalue weighted by Crippen LogP contribution is -2.46. The lowest BCUT2D eigenvalue weighted by molar-refractivity contribution is -0.123. The van der Waals surface area contributed by atoms with Crippen molar-refractivity contribution in [2.75, 3.05) is 0 Å². The first kappa shape index (κ1) is 12.2. The average Bonchev–Trinajstić information content (AvgIpc) is 2.98. The van der Waals surface area contributed by atoms with Crippen molar-refractivity contribution in [1.29, 1.82) is 0 Å². The summed E-state index contributed by atoms with van der Waals surface area (Å²) in [6.07, 6.45) is 4.61. The molecule has 0 saturated heterocycles. The van der Waals surface area contributed by atoms with Gasteiger partial charge in [-0.1, -0.05) is 18.2 Å². The number of nitrogens with one attached hydrogen (secondary N) is 2. The van der Waals surface area contributed by atoms with Crippen molar-refractivity contribution in [2.24, 2.45) is 5.73 Å². The van der Waals surface area contributed by atoms with E-state index in [1.54, 1.807) is 0 Å². The van der Waals surface area contributed by atoms with E-state index in [1.165, 1.54) is 0 Å². The monoisotopic (exact) mass is 257 g/mol. The van der Waals surface area contributed by atoms with Crippen LogP contribution in [0.2, 0.25) is 0 Å². The van der Waals surface area contributed by atoms with Crippen LogP contribution in [-0.2, 0) is 11.2 Å². The van der Waals surface area contributed by atoms with Crippen molar-refractivity contribution in [1.82, 2.24) is 10.3 Å². The maximum Gasteiger partial charge on any atom is 0.237 e. The number of para-hydroxylation sites is 1. The average molecular weight is 257 g/mol. The highest BCUT2D eigenvalue weighted by molar-refractivity contribution is 5.86. The molecule has 1 unspecified atom stereocenters. The van der Waals surface area contributed by atoms with E-state index in [2.05, 4.69) is 17.2 Å². The molecule has 1 aromatic carbocycles. The van der Waals surface area contributed by atoms with Gasteiger partial charge in [-0.3, -0.25) is 4.79 Å². The van der Waals surface area contributed by atoms with Gasteiger partial charge >= 0.3 is 0 Å². The molecule has 1 saturated carbocycles. The maximum absolute atomic E-state index is 12.0. The number of fused-ring (bicyclic) bond motifs is 1. The summed E-state index contributed by atoms with van der Waals surface area (Å²) in [5.41, 5.74) is 8.18. The van der Waals surface area contributed by atoms with Crippen molar-refractivity contribution in [3.05, 3.63) is 36.0 Å². The third-order valence-corrected chi connectivity index (χ3v) is 3.88. The van der Waals surface area contributed by atoms with Gasteiger partial charge in [0.05, 0.1) is 6.04 Å². The Labute approximate surface area is 112 Å². The quantitative estimate of drug-likeness (QED) is 0.780. The SMILES string of the molecule is CC1(NC(=O)C(N)Cc2c[nH]c3ccccc23)CC1. The highest BCUT2D eigenvalue weighted by Gasteiger charge is 2.39. The van der Waals surface area contributed by atoms with E-state index >= 15 is 0 Å². The second-order valence-corrected chi connectivity index (χ2v) is 5.72. The van der Waals surface area contributed by atoms with Gasteiger partial charge in [-0.2, -0.15) is 0 Å². The fourth-order valence-corrected chi connectivity index (χ4v) is 2.33. The van der Waals surface area contributed by atoms with Crippen molar-refractivity contribution in [3.63, 3.8) is 0 Å². The number of hydrogen-bond donors (Lipinski definition) is 3. The minimum absolute atomic E-state index is 0.00504. The van der Waals surface area contributed by atoms with Gasteiger partial charge in [0, 0.05) is 22.6 Å². The molecule has 1 aliphatic rings. The second kappa shape index (κ2) is 4.38. The first-order valence-corrected chi connectivity index (χ1v) is 6.70. The van der Waals surface area contributed by atoms with Crippen molar-refractivity contribution >= 4 is 16.8 Å². The van der Waals surface area contributed by atoms with Crippen LogP contribution in [0, 0.1) is 0 Å². The number of aromatic amines is 1. The number of rotatable bonds is 4. The fraction of sp³-hybridized carbons (Fsp3) is 0.400. The van der Waals surface area contributed by atoms with Gasteiger partial charge in [0.15, 0.2) is 0 Å². The van der Waals surface area contributed by atoms with Crippen LogP contribution >= 0.6 is 0 Å². The highest BCUT2D eigenvalue weighted by atomic mass is 16.2. The third kappa shape index (κ3) is 2.49. The van der Waals surface area contributed by atoms with Gasteiger partial charge in [0.1, 0.15) is 0 Å². The molecule has 1 heterocycles. The zero-order valence-electron chi connectivity index (χ0n) is 11.1. The number of hydrogen-bond acceptors (Lipinski definition) is 2. The molecular formula is C15H19N3O. The van der Waals surface area contributed by atoms with Crippen LogP contribution in [0.4, 0.5) is 0 Å². The Kier molecular flexibility index (Phi) is 2.82. The van der Waals surface area contributed by atoms with Gasteiger partial charge in [-0.15, -0.1) is 0 Å². The van der Waals surface area contributed by atoms with Gasteiger partial charge in [-0.05, 0) is 37.8 Å². The maximum atomic E-state index is 12.0. The van der Waals surface area contributed by atoms with Crippen molar-refractivity contribution < 1.29 is 4.79 Å². The zero-order chi connectivity index (χ0) is 13.5. The summed E-state index contributed by atoms with van der Waals surface area (Å²) in [4.78, 5) is 15.2. The number of nitrogens with two attached hydrogens (primary N) is 1. The Balaban J connectivity index is 1.71. The topological polar surface area (TPSA) is 70.9 Å². The summed E-state index contributed by atoms with van der Waals surface area (Å²) in [5.74, 6) is -0.0507. The molecule has 4 nitrogen and oxygen atoms in total. The van der Waals surface area contributed by atoms with Crippen molar-refractivity contribution in [3.8, 4) is 0 Å². The highest BCUT2D eigenvalue weighted by Crippen LogP contribution is 2.34. The van der Waals surface area contributed by atoms with Gasteiger partial charge in [0.2, 0.25) is 5.91 Å². The summed E-state index contributed by atoms with van der Waals surface area (Å²) < 4.78 is 0. The van der Waals surface area contributed by atoms with Crippen LogP contribution in [0.3, 0.4) is 0 Å². The van der Waals surface area contributed by atoms with Crippen LogP contribution in [0.1, 0.15) is 25.3 Å². The van der Waals surface area contributed by atoms with Crippen LogP contribution < -0.4 is 11.1 Å². The smallest absolute Gasteiger partial charge is 0.237 e. The Morgan fingerprint density at radius 3 is 2.95 bits per heavy atom. The Morgan fingerprint density at radius 2 is 2.21 bits per heavy atom. The zero-order valence-corrected chi connectivity index (χ0v) is 11.1. The molecule has 0 radical (unpaired) electrons. The molecule has 100 valence electrons. The summed E-state index contributed by atoms with van der Waals surface area (Å²) in [5, 5.41) is 4.16. The number of amides is 1. The molecule has 1 aliphatic carbocycles. The Bertz CT molecular complexity index is 613. The molecule has 19 heavy (non-hydrogen) atoms. The third-order valence-electron chi connectivity index (χ3n) is 3.88. The van der Waals surface area contributed by atoms with E-state index in [9.17, 15) is 4.79 Å². The largest absolute Gasteiger partial charge is 0.361 e. The summed E-state index contributed by atoms with van der Waals surface area (Å²) >= 11 is 0. The lowest BCUT2D eigenvalue weighted by Gasteiger charge is -2.16. The van der Waals surface area contributed by atoms with Crippen LogP contribution in [0.15, 0.2) is 30.5 Å². The molecule has 2 aromatic rings. The molecule has 4 N–H and O–H groups in total. The van der Waals surface area contributed by atoms with Gasteiger partial charge in [0.25, 0.3) is 0 Å². The number of carbonyl (C=O) groups is 1. The fourth-order valence-electron chi connectivity index (χ4n) is 2.33. The predicted molar refractivity (Wildman–Crippen MR) is 75.8 cm³/mol. The summed E-state index contributed by atoms with van der Waals surface area (Å²) in [6, 6.07) is 7.57. The van der Waals surface area contributed by atoms with Crippen LogP contribution in [0.5, 0.6) is 0 Å².